The molecule has 0 bridgehead atoms. The molecule has 0 aliphatic heterocycles. The number of nitrogens with one attached hydrogen (secondary N) is 2. The summed E-state index contributed by atoms with van der Waals surface area (Å²) >= 11 is 0. The highest BCUT2D eigenvalue weighted by Gasteiger charge is 2.26. The molecular weight excluding hydrogens is 272 g/mol. The predicted molar refractivity (Wildman–Crippen MR) is 71.0 cm³/mol. The fraction of sp³-hybridized carbons (Fsp3) is 0.727. The molecule has 3 N–H and O–H groups in total. The number of carbonyl (C=O) groups excluding carboxylic acids is 2. The summed E-state index contributed by atoms with van der Waals surface area (Å²) in [6.45, 7) is 5.01. The van der Waals surface area contributed by atoms with Crippen molar-refractivity contribution in [3.8, 4) is 0 Å². The third-order valence-corrected chi connectivity index (χ3v) is 3.98. The first-order valence-electron chi connectivity index (χ1n) is 5.94. The maximum Gasteiger partial charge on any atom is 0.327 e. The van der Waals surface area contributed by atoms with Crippen LogP contribution in [-0.4, -0.2) is 50.7 Å². The zero-order chi connectivity index (χ0) is 15.0. The summed E-state index contributed by atoms with van der Waals surface area (Å²) in [5.74, 6) is -2.47. The van der Waals surface area contributed by atoms with Crippen molar-refractivity contribution in [1.82, 2.24) is 10.6 Å². The Balaban J connectivity index is 4.50. The Morgan fingerprint density at radius 2 is 1.89 bits per heavy atom. The molecule has 3 atom stereocenters. The maximum absolute atomic E-state index is 11.9. The number of carboxylic acid groups (broad SMARTS) is 1. The first kappa shape index (κ1) is 17.6. The van der Waals surface area contributed by atoms with Gasteiger partial charge < -0.3 is 15.7 Å². The summed E-state index contributed by atoms with van der Waals surface area (Å²) in [6, 6.07) is -1.25. The maximum atomic E-state index is 11.9. The molecule has 0 spiro atoms. The van der Waals surface area contributed by atoms with Crippen LogP contribution in [0.1, 0.15) is 27.2 Å². The van der Waals surface area contributed by atoms with Crippen molar-refractivity contribution in [2.75, 3.05) is 12.3 Å². The molecule has 0 saturated heterocycles. The lowest BCUT2D eigenvalue weighted by Gasteiger charge is -2.16. The number of amides is 2. The Hall–Kier alpha value is -1.44. The summed E-state index contributed by atoms with van der Waals surface area (Å²) < 4.78 is 11.9. The van der Waals surface area contributed by atoms with Gasteiger partial charge >= 0.3 is 5.97 Å². The fourth-order valence-electron chi connectivity index (χ4n) is 1.24. The van der Waals surface area contributed by atoms with Crippen molar-refractivity contribution in [3.63, 3.8) is 0 Å². The minimum atomic E-state index is -1.67. The Labute approximate surface area is 114 Å². The molecule has 0 aromatic heterocycles. The fourth-order valence-corrected chi connectivity index (χ4v) is 2.41. The zero-order valence-electron chi connectivity index (χ0n) is 11.3. The molecule has 7 nitrogen and oxygen atoms in total. The molecule has 0 aliphatic carbocycles. The molecule has 3 unspecified atom stereocenters. The summed E-state index contributed by atoms with van der Waals surface area (Å²) in [5, 5.41) is 12.8. The molecule has 0 aromatic rings. The van der Waals surface area contributed by atoms with E-state index in [0.717, 1.165) is 6.42 Å². The highest BCUT2D eigenvalue weighted by Crippen LogP contribution is 2.00. The molecule has 8 heteroatoms. The van der Waals surface area contributed by atoms with Crippen molar-refractivity contribution >= 4 is 28.6 Å². The molecule has 0 saturated carbocycles. The van der Waals surface area contributed by atoms with E-state index in [0.29, 0.717) is 6.54 Å². The second kappa shape index (κ2) is 8.63. The minimum absolute atomic E-state index is 0.296. The van der Waals surface area contributed by atoms with Gasteiger partial charge in [-0.05, 0) is 13.3 Å². The van der Waals surface area contributed by atoms with E-state index >= 15 is 0 Å². The van der Waals surface area contributed by atoms with Crippen molar-refractivity contribution in [3.05, 3.63) is 0 Å². The van der Waals surface area contributed by atoms with Gasteiger partial charge in [-0.1, -0.05) is 6.92 Å². The van der Waals surface area contributed by atoms with Crippen LogP contribution in [0, 0.1) is 0 Å². The summed E-state index contributed by atoms with van der Waals surface area (Å²) in [4.78, 5) is 33.3. The van der Waals surface area contributed by atoms with Crippen LogP contribution in [-0.2, 0) is 25.2 Å². The monoisotopic (exact) mass is 292 g/mol. The molecule has 110 valence electrons. The van der Waals surface area contributed by atoms with Crippen LogP contribution in [0.5, 0.6) is 0 Å². The Kier molecular flexibility index (Phi) is 7.97. The average Bonchev–Trinajstić information content (AvgIpc) is 2.33. The van der Waals surface area contributed by atoms with Gasteiger partial charge in [0.2, 0.25) is 11.8 Å². The number of carbonyl (C=O) groups is 3. The van der Waals surface area contributed by atoms with Gasteiger partial charge in [0.25, 0.3) is 0 Å². The van der Waals surface area contributed by atoms with E-state index in [1.54, 1.807) is 0 Å². The summed E-state index contributed by atoms with van der Waals surface area (Å²) in [6.07, 6.45) is 0.759. The second-order valence-electron chi connectivity index (χ2n) is 4.07. The van der Waals surface area contributed by atoms with Crippen LogP contribution in [0.15, 0.2) is 0 Å². The van der Waals surface area contributed by atoms with Crippen molar-refractivity contribution < 1.29 is 23.7 Å². The van der Waals surface area contributed by atoms with E-state index in [-0.39, 0.29) is 11.7 Å². The first-order valence-corrected chi connectivity index (χ1v) is 7.32. The van der Waals surface area contributed by atoms with Gasteiger partial charge in [0, 0.05) is 24.3 Å². The van der Waals surface area contributed by atoms with E-state index in [2.05, 4.69) is 10.6 Å². The van der Waals surface area contributed by atoms with Crippen LogP contribution >= 0.6 is 0 Å². The van der Waals surface area contributed by atoms with Crippen LogP contribution in [0.3, 0.4) is 0 Å². The SMILES string of the molecule is CCCNC(=O)C(C)S(=O)CC(NC(C)=O)C(=O)O. The minimum Gasteiger partial charge on any atom is -0.480 e. The topological polar surface area (TPSA) is 113 Å². The highest BCUT2D eigenvalue weighted by molar-refractivity contribution is 7.86. The molecule has 19 heavy (non-hydrogen) atoms. The zero-order valence-corrected chi connectivity index (χ0v) is 12.1. The second-order valence-corrected chi connectivity index (χ2v) is 5.87. The van der Waals surface area contributed by atoms with Crippen LogP contribution in [0.2, 0.25) is 0 Å². The van der Waals surface area contributed by atoms with Gasteiger partial charge in [0.05, 0.1) is 5.75 Å². The third-order valence-electron chi connectivity index (χ3n) is 2.32. The van der Waals surface area contributed by atoms with E-state index in [1.165, 1.54) is 13.8 Å². The first-order chi connectivity index (χ1) is 8.79. The van der Waals surface area contributed by atoms with E-state index in [1.807, 2.05) is 6.92 Å². The largest absolute Gasteiger partial charge is 0.480 e. The third kappa shape index (κ3) is 6.90. The van der Waals surface area contributed by atoms with E-state index < -0.39 is 34.0 Å². The molecule has 0 aromatic carbocycles. The number of hydrogen-bond donors (Lipinski definition) is 3. The average molecular weight is 292 g/mol. The van der Waals surface area contributed by atoms with Gasteiger partial charge in [-0.3, -0.25) is 13.8 Å². The lowest BCUT2D eigenvalue weighted by atomic mass is 10.3. The van der Waals surface area contributed by atoms with E-state index in [4.69, 9.17) is 5.11 Å². The normalized spacial score (nSPS) is 15.1. The molecule has 0 radical (unpaired) electrons. The van der Waals surface area contributed by atoms with Crippen LogP contribution in [0.25, 0.3) is 0 Å². The smallest absolute Gasteiger partial charge is 0.327 e. The van der Waals surface area contributed by atoms with Crippen molar-refractivity contribution in [2.24, 2.45) is 0 Å². The van der Waals surface area contributed by atoms with E-state index in [9.17, 15) is 18.6 Å². The summed E-state index contributed by atoms with van der Waals surface area (Å²) in [5.41, 5.74) is 0. The van der Waals surface area contributed by atoms with Gasteiger partial charge in [-0.15, -0.1) is 0 Å². The molecule has 0 aliphatic rings. The number of aliphatic carboxylic acids is 1. The predicted octanol–water partition coefficient (Wildman–Crippen LogP) is -0.761. The highest BCUT2D eigenvalue weighted by atomic mass is 32.2. The number of hydrogen-bond acceptors (Lipinski definition) is 4. The van der Waals surface area contributed by atoms with Crippen molar-refractivity contribution in [1.29, 1.82) is 0 Å². The molecule has 2 amide bonds. The van der Waals surface area contributed by atoms with Gasteiger partial charge in [-0.2, -0.15) is 0 Å². The van der Waals surface area contributed by atoms with Gasteiger partial charge in [0.1, 0.15) is 11.3 Å². The molecular formula is C11H20N2O5S. The Morgan fingerprint density at radius 3 is 2.32 bits per heavy atom. The lowest BCUT2D eigenvalue weighted by molar-refractivity contribution is -0.140. The number of rotatable bonds is 8. The van der Waals surface area contributed by atoms with Gasteiger partial charge in [0.15, 0.2) is 0 Å². The summed E-state index contributed by atoms with van der Waals surface area (Å²) in [7, 11) is -1.67. The quantitative estimate of drug-likeness (QED) is 0.544. The van der Waals surface area contributed by atoms with Crippen molar-refractivity contribution in [2.45, 2.75) is 38.5 Å². The van der Waals surface area contributed by atoms with Crippen LogP contribution < -0.4 is 10.6 Å². The Morgan fingerprint density at radius 1 is 1.32 bits per heavy atom. The standard InChI is InChI=1S/C11H20N2O5S/c1-4-5-12-10(15)7(2)19(18)6-9(11(16)17)13-8(3)14/h7,9H,4-6H2,1-3H3,(H,12,15)(H,13,14)(H,16,17). The molecule has 0 rings (SSSR count). The molecule has 0 fully saturated rings. The molecule has 0 heterocycles. The van der Waals surface area contributed by atoms with Crippen LogP contribution in [0.4, 0.5) is 0 Å². The van der Waals surface area contributed by atoms with Gasteiger partial charge in [-0.25, -0.2) is 4.79 Å². The number of carboxylic acids is 1. The lowest BCUT2D eigenvalue weighted by Crippen LogP contribution is -2.46. The Bertz CT molecular complexity index is 372.